The minimum Gasteiger partial charge on any atom is -0.493 e. The van der Waals surface area contributed by atoms with E-state index in [1.54, 1.807) is 20.4 Å². The molecule has 15 nitrogen and oxygen atoms in total. The lowest BCUT2D eigenvalue weighted by Gasteiger charge is -2.32. The van der Waals surface area contributed by atoms with Gasteiger partial charge in [0, 0.05) is 43.2 Å². The van der Waals surface area contributed by atoms with Crippen molar-refractivity contribution >= 4 is 40.6 Å². The van der Waals surface area contributed by atoms with Crippen LogP contribution in [0.25, 0.3) is 10.8 Å². The van der Waals surface area contributed by atoms with Crippen LogP contribution in [0.5, 0.6) is 11.5 Å². The number of piperidine rings is 1. The van der Waals surface area contributed by atoms with Crippen LogP contribution in [0.1, 0.15) is 32.6 Å². The summed E-state index contributed by atoms with van der Waals surface area (Å²) in [7, 11) is 3.22. The molecule has 0 aliphatic carbocycles. The summed E-state index contributed by atoms with van der Waals surface area (Å²) in [5.74, 6) is -2.90. The number of carboxylic acids is 3. The van der Waals surface area contributed by atoms with Gasteiger partial charge in [0.15, 0.2) is 22.9 Å². The highest BCUT2D eigenvalue weighted by molar-refractivity contribution is 5.94. The standard InChI is InChI=1S/C18H24N4O4.C6H8O7/c1-4-19-18(23)26-13-5-7-22(8-6-13)17-14-10-16(25-3)15(24-2)9-12(14)11-20-21-17;7-3(8)1-6(13,5(11)12)2-4(9)10/h9-11,13H,4-8H2,1-3H3,(H,19,23);13H,1-2H2,(H,7,8)(H,9,10)(H,11,12). The van der Waals surface area contributed by atoms with E-state index in [9.17, 15) is 19.2 Å². The summed E-state index contributed by atoms with van der Waals surface area (Å²) in [6.45, 7) is 3.92. The first-order chi connectivity index (χ1) is 18.4. The van der Waals surface area contributed by atoms with Crippen LogP contribution in [0.15, 0.2) is 18.3 Å². The number of aliphatic carboxylic acids is 3. The Bertz CT molecular complexity index is 1170. The highest BCUT2D eigenvalue weighted by Gasteiger charge is 2.40. The van der Waals surface area contributed by atoms with Gasteiger partial charge >= 0.3 is 24.0 Å². The van der Waals surface area contributed by atoms with Crippen LogP contribution in [-0.4, -0.2) is 100 Å². The van der Waals surface area contributed by atoms with E-state index in [4.69, 9.17) is 34.6 Å². The first kappa shape index (κ1) is 30.8. The van der Waals surface area contributed by atoms with E-state index < -0.39 is 36.4 Å². The number of methoxy groups -OCH3 is 2. The van der Waals surface area contributed by atoms with Crippen molar-refractivity contribution in [1.29, 1.82) is 0 Å². The van der Waals surface area contributed by atoms with Crippen molar-refractivity contribution in [1.82, 2.24) is 15.5 Å². The molecule has 0 spiro atoms. The highest BCUT2D eigenvalue weighted by atomic mass is 16.6. The van der Waals surface area contributed by atoms with Crippen LogP contribution >= 0.6 is 0 Å². The van der Waals surface area contributed by atoms with Crippen molar-refractivity contribution in [3.8, 4) is 11.5 Å². The number of carboxylic acid groups (broad SMARTS) is 3. The molecule has 2 heterocycles. The first-order valence-electron chi connectivity index (χ1n) is 11.9. The third-order valence-corrected chi connectivity index (χ3v) is 5.77. The molecule has 0 saturated carbocycles. The monoisotopic (exact) mass is 552 g/mol. The fourth-order valence-corrected chi connectivity index (χ4v) is 3.87. The number of benzene rings is 1. The number of nitrogens with zero attached hydrogens (tertiary/aromatic N) is 3. The number of anilines is 1. The van der Waals surface area contributed by atoms with E-state index >= 15 is 0 Å². The molecule has 5 N–H and O–H groups in total. The van der Waals surface area contributed by atoms with Gasteiger partial charge in [-0.05, 0) is 19.1 Å². The molecular formula is C24H32N4O11. The fourth-order valence-electron chi connectivity index (χ4n) is 3.87. The molecule has 2 aromatic rings. The summed E-state index contributed by atoms with van der Waals surface area (Å²) in [5.41, 5.74) is -2.74. The summed E-state index contributed by atoms with van der Waals surface area (Å²) in [5, 5.41) is 46.8. The normalized spacial score (nSPS) is 13.6. The highest BCUT2D eigenvalue weighted by Crippen LogP contribution is 2.36. The molecule has 0 bridgehead atoms. The smallest absolute Gasteiger partial charge is 0.407 e. The average molecular weight is 553 g/mol. The van der Waals surface area contributed by atoms with Gasteiger partial charge in [0.2, 0.25) is 0 Å². The van der Waals surface area contributed by atoms with Gasteiger partial charge < -0.3 is 44.9 Å². The lowest BCUT2D eigenvalue weighted by molar-refractivity contribution is -0.170. The van der Waals surface area contributed by atoms with Crippen LogP contribution in [0.4, 0.5) is 10.6 Å². The Kier molecular flexibility index (Phi) is 11.0. The van der Waals surface area contributed by atoms with Crippen molar-refractivity contribution in [2.75, 3.05) is 38.8 Å². The zero-order chi connectivity index (χ0) is 29.2. The minimum absolute atomic E-state index is 0.0737. The number of carbonyl (C=O) groups excluding carboxylic acids is 1. The zero-order valence-corrected chi connectivity index (χ0v) is 21.7. The number of hydrogen-bond donors (Lipinski definition) is 5. The van der Waals surface area contributed by atoms with Crippen molar-refractivity contribution in [3.63, 3.8) is 0 Å². The molecule has 39 heavy (non-hydrogen) atoms. The van der Waals surface area contributed by atoms with Crippen molar-refractivity contribution in [2.45, 2.75) is 44.3 Å². The van der Waals surface area contributed by atoms with Crippen LogP contribution in [0, 0.1) is 0 Å². The number of rotatable bonds is 10. The van der Waals surface area contributed by atoms with Gasteiger partial charge in [0.1, 0.15) is 6.10 Å². The number of aliphatic hydroxyl groups is 1. The fraction of sp³-hybridized carbons (Fsp3) is 0.500. The molecule has 1 aliphatic heterocycles. The van der Waals surface area contributed by atoms with E-state index in [2.05, 4.69) is 20.4 Å². The van der Waals surface area contributed by atoms with Crippen molar-refractivity contribution in [2.24, 2.45) is 0 Å². The lowest BCUT2D eigenvalue weighted by atomic mass is 9.96. The second-order valence-electron chi connectivity index (χ2n) is 8.56. The van der Waals surface area contributed by atoms with Gasteiger partial charge in [-0.25, -0.2) is 9.59 Å². The largest absolute Gasteiger partial charge is 0.493 e. The van der Waals surface area contributed by atoms with Crippen LogP contribution in [0.3, 0.4) is 0 Å². The summed E-state index contributed by atoms with van der Waals surface area (Å²) < 4.78 is 16.2. The topological polar surface area (TPSA) is 218 Å². The van der Waals surface area contributed by atoms with Crippen LogP contribution in [0.2, 0.25) is 0 Å². The Morgan fingerprint density at radius 2 is 1.59 bits per heavy atom. The lowest BCUT2D eigenvalue weighted by Crippen LogP contribution is -2.42. The number of aromatic nitrogens is 2. The molecule has 1 amide bonds. The van der Waals surface area contributed by atoms with Crippen LogP contribution < -0.4 is 19.7 Å². The Balaban J connectivity index is 0.000000349. The minimum atomic E-state index is -2.74. The van der Waals surface area contributed by atoms with Crippen molar-refractivity contribution in [3.05, 3.63) is 18.3 Å². The van der Waals surface area contributed by atoms with E-state index in [1.807, 2.05) is 19.1 Å². The van der Waals surface area contributed by atoms with Crippen molar-refractivity contribution < 1.29 is 53.8 Å². The van der Waals surface area contributed by atoms with E-state index in [0.717, 1.165) is 42.5 Å². The molecule has 0 unspecified atom stereocenters. The molecule has 1 aromatic heterocycles. The second-order valence-corrected chi connectivity index (χ2v) is 8.56. The zero-order valence-electron chi connectivity index (χ0n) is 21.7. The van der Waals surface area contributed by atoms with E-state index in [-0.39, 0.29) is 12.2 Å². The molecule has 0 atom stereocenters. The number of nitrogens with one attached hydrogen (secondary N) is 1. The Hall–Kier alpha value is -4.40. The Labute approximate surface area is 223 Å². The van der Waals surface area contributed by atoms with E-state index in [0.29, 0.717) is 18.0 Å². The molecule has 0 radical (unpaired) electrons. The molecule has 1 saturated heterocycles. The summed E-state index contributed by atoms with van der Waals surface area (Å²) in [4.78, 5) is 44.2. The van der Waals surface area contributed by atoms with Gasteiger partial charge in [-0.15, -0.1) is 5.10 Å². The first-order valence-corrected chi connectivity index (χ1v) is 11.9. The summed E-state index contributed by atoms with van der Waals surface area (Å²) in [6.07, 6.45) is 0.503. The van der Waals surface area contributed by atoms with Gasteiger partial charge in [0.25, 0.3) is 0 Å². The summed E-state index contributed by atoms with van der Waals surface area (Å²) in [6, 6.07) is 3.83. The SMILES string of the molecule is CCNC(=O)OC1CCN(c2nncc3cc(OC)c(OC)cc23)CC1.O=C(O)CC(O)(CC(=O)O)C(=O)O. The predicted molar refractivity (Wildman–Crippen MR) is 135 cm³/mol. The number of carbonyl (C=O) groups is 4. The number of alkyl carbamates (subject to hydrolysis) is 1. The quantitative estimate of drug-likeness (QED) is 0.279. The molecule has 1 fully saturated rings. The molecule has 15 heteroatoms. The van der Waals surface area contributed by atoms with Gasteiger partial charge in [0.05, 0.1) is 33.3 Å². The van der Waals surface area contributed by atoms with E-state index in [1.165, 1.54) is 0 Å². The second kappa shape index (κ2) is 13.9. The number of hydrogen-bond acceptors (Lipinski definition) is 11. The maximum Gasteiger partial charge on any atom is 0.407 e. The molecule has 1 aromatic carbocycles. The molecular weight excluding hydrogens is 520 g/mol. The maximum atomic E-state index is 11.6. The molecule has 3 rings (SSSR count). The number of fused-ring (bicyclic) bond motifs is 1. The van der Waals surface area contributed by atoms with Gasteiger partial charge in [-0.3, -0.25) is 9.59 Å². The third kappa shape index (κ3) is 8.56. The van der Waals surface area contributed by atoms with Gasteiger partial charge in [-0.2, -0.15) is 5.10 Å². The Morgan fingerprint density at radius 1 is 1.03 bits per heavy atom. The molecule has 214 valence electrons. The van der Waals surface area contributed by atoms with Crippen LogP contribution in [-0.2, 0) is 19.1 Å². The number of ether oxygens (including phenoxy) is 3. The summed E-state index contributed by atoms with van der Waals surface area (Å²) >= 11 is 0. The third-order valence-electron chi connectivity index (χ3n) is 5.77. The predicted octanol–water partition coefficient (Wildman–Crippen LogP) is 1.11. The molecule has 1 aliphatic rings. The van der Waals surface area contributed by atoms with Gasteiger partial charge in [-0.1, -0.05) is 0 Å². The average Bonchev–Trinajstić information content (AvgIpc) is 2.87. The number of amides is 1. The maximum absolute atomic E-state index is 11.6. The Morgan fingerprint density at radius 3 is 2.08 bits per heavy atom.